The number of rotatable bonds is 2. The average Bonchev–Trinajstić information content (AvgIpc) is 2.78. The summed E-state index contributed by atoms with van der Waals surface area (Å²) in [6.07, 6.45) is 2.92. The maximum absolute atomic E-state index is 14.0. The Morgan fingerprint density at radius 2 is 2.06 bits per heavy atom. The van der Waals surface area contributed by atoms with Gasteiger partial charge in [0.05, 0.1) is 5.41 Å². The zero-order valence-corrected chi connectivity index (χ0v) is 9.79. The molecule has 2 N–H and O–H groups in total. The first-order valence-corrected chi connectivity index (χ1v) is 5.82. The van der Waals surface area contributed by atoms with Gasteiger partial charge in [-0.3, -0.25) is 10.0 Å². The van der Waals surface area contributed by atoms with Crippen LogP contribution in [0.1, 0.15) is 36.8 Å². The smallest absolute Gasteiger partial charge is 0.254 e. The third-order valence-electron chi connectivity index (χ3n) is 3.69. The molecular weight excluding hydrogens is 221 g/mol. The Morgan fingerprint density at radius 1 is 1.41 bits per heavy atom. The maximum atomic E-state index is 14.0. The van der Waals surface area contributed by atoms with E-state index in [0.29, 0.717) is 18.4 Å². The van der Waals surface area contributed by atoms with E-state index in [1.54, 1.807) is 24.5 Å². The second-order valence-electron chi connectivity index (χ2n) is 4.66. The molecule has 17 heavy (non-hydrogen) atoms. The fourth-order valence-electron chi connectivity index (χ4n) is 2.91. The predicted molar refractivity (Wildman–Crippen MR) is 61.2 cm³/mol. The first-order chi connectivity index (χ1) is 8.12. The molecule has 0 saturated heterocycles. The highest BCUT2D eigenvalue weighted by atomic mass is 19.1. The first-order valence-electron chi connectivity index (χ1n) is 5.82. The van der Waals surface area contributed by atoms with Gasteiger partial charge in [0.15, 0.2) is 0 Å². The van der Waals surface area contributed by atoms with Crippen LogP contribution < -0.4 is 5.48 Å². The van der Waals surface area contributed by atoms with E-state index < -0.39 is 11.3 Å². The van der Waals surface area contributed by atoms with E-state index in [2.05, 4.69) is 0 Å². The molecule has 1 aromatic rings. The molecule has 0 radical (unpaired) electrons. The van der Waals surface area contributed by atoms with E-state index in [9.17, 15) is 9.18 Å². The highest BCUT2D eigenvalue weighted by molar-refractivity contribution is 5.88. The van der Waals surface area contributed by atoms with E-state index in [4.69, 9.17) is 5.21 Å². The number of carbonyl (C=O) groups excluding carboxylic acids is 1. The van der Waals surface area contributed by atoms with Crippen molar-refractivity contribution in [1.82, 2.24) is 5.48 Å². The second kappa shape index (κ2) is 4.45. The van der Waals surface area contributed by atoms with Gasteiger partial charge in [-0.2, -0.15) is 0 Å². The van der Waals surface area contributed by atoms with Crippen molar-refractivity contribution in [2.75, 3.05) is 0 Å². The Hall–Kier alpha value is -1.42. The number of nitrogens with one attached hydrogen (secondary N) is 1. The molecule has 0 bridgehead atoms. The molecule has 1 aliphatic carbocycles. The Morgan fingerprint density at radius 3 is 2.59 bits per heavy atom. The summed E-state index contributed by atoms with van der Waals surface area (Å²) in [7, 11) is 0. The Balaban J connectivity index is 2.57. The Labute approximate surface area is 99.6 Å². The van der Waals surface area contributed by atoms with Gasteiger partial charge in [-0.15, -0.1) is 0 Å². The number of benzene rings is 1. The van der Waals surface area contributed by atoms with Crippen molar-refractivity contribution < 1.29 is 14.4 Å². The number of hydroxylamine groups is 1. The molecule has 2 rings (SSSR count). The topological polar surface area (TPSA) is 49.3 Å². The molecule has 0 aromatic heterocycles. The summed E-state index contributed by atoms with van der Waals surface area (Å²) in [4.78, 5) is 11.9. The third kappa shape index (κ3) is 1.82. The number of halogens is 1. The molecule has 4 heteroatoms. The van der Waals surface area contributed by atoms with Crippen molar-refractivity contribution in [1.29, 1.82) is 0 Å². The molecule has 1 amide bonds. The molecule has 0 atom stereocenters. The van der Waals surface area contributed by atoms with Crippen LogP contribution in [0.2, 0.25) is 0 Å². The van der Waals surface area contributed by atoms with Gasteiger partial charge in [-0.1, -0.05) is 25.0 Å². The van der Waals surface area contributed by atoms with Crippen LogP contribution in [0.25, 0.3) is 0 Å². The van der Waals surface area contributed by atoms with Gasteiger partial charge >= 0.3 is 0 Å². The fraction of sp³-hybridized carbons (Fsp3) is 0.462. The van der Waals surface area contributed by atoms with Crippen LogP contribution >= 0.6 is 0 Å². The number of hydrogen-bond donors (Lipinski definition) is 2. The van der Waals surface area contributed by atoms with Crippen LogP contribution in [0.3, 0.4) is 0 Å². The first kappa shape index (κ1) is 12.0. The third-order valence-corrected chi connectivity index (χ3v) is 3.69. The largest absolute Gasteiger partial charge is 0.289 e. The van der Waals surface area contributed by atoms with Gasteiger partial charge in [-0.25, -0.2) is 9.87 Å². The molecule has 1 fully saturated rings. The van der Waals surface area contributed by atoms with Gasteiger partial charge < -0.3 is 0 Å². The lowest BCUT2D eigenvalue weighted by molar-refractivity contribution is -0.135. The number of amides is 1. The van der Waals surface area contributed by atoms with Gasteiger partial charge in [0.25, 0.3) is 5.91 Å². The van der Waals surface area contributed by atoms with Gasteiger partial charge in [-0.05, 0) is 31.4 Å². The highest BCUT2D eigenvalue weighted by Crippen LogP contribution is 2.43. The molecule has 3 nitrogen and oxygen atoms in total. The SMILES string of the molecule is Cc1cccc(F)c1C1(C(=O)NO)CCCC1. The van der Waals surface area contributed by atoms with Crippen molar-refractivity contribution in [3.8, 4) is 0 Å². The van der Waals surface area contributed by atoms with Crippen LogP contribution in [0.5, 0.6) is 0 Å². The lowest BCUT2D eigenvalue weighted by Gasteiger charge is -2.28. The van der Waals surface area contributed by atoms with Crippen LogP contribution in [0.4, 0.5) is 4.39 Å². The minimum absolute atomic E-state index is 0.365. The van der Waals surface area contributed by atoms with E-state index in [1.807, 2.05) is 0 Å². The fourth-order valence-corrected chi connectivity index (χ4v) is 2.91. The zero-order valence-electron chi connectivity index (χ0n) is 9.79. The maximum Gasteiger partial charge on any atom is 0.254 e. The Kier molecular flexibility index (Phi) is 3.15. The summed E-state index contributed by atoms with van der Waals surface area (Å²) >= 11 is 0. The van der Waals surface area contributed by atoms with Crippen molar-refractivity contribution in [3.63, 3.8) is 0 Å². The van der Waals surface area contributed by atoms with Gasteiger partial charge in [0, 0.05) is 5.56 Å². The van der Waals surface area contributed by atoms with E-state index in [-0.39, 0.29) is 5.82 Å². The lowest BCUT2D eigenvalue weighted by atomic mass is 9.76. The molecule has 92 valence electrons. The predicted octanol–water partition coefficient (Wildman–Crippen LogP) is 2.45. The standard InChI is InChI=1S/C13H16FNO2/c1-9-5-4-6-10(14)11(9)13(12(16)15-17)7-2-3-8-13/h4-6,17H,2-3,7-8H2,1H3,(H,15,16). The molecule has 0 aliphatic heterocycles. The molecule has 1 saturated carbocycles. The molecule has 0 heterocycles. The highest BCUT2D eigenvalue weighted by Gasteiger charge is 2.45. The van der Waals surface area contributed by atoms with Crippen LogP contribution in [0, 0.1) is 12.7 Å². The number of hydrogen-bond acceptors (Lipinski definition) is 2. The van der Waals surface area contributed by atoms with Crippen molar-refractivity contribution in [2.45, 2.75) is 38.0 Å². The number of aryl methyl sites for hydroxylation is 1. The van der Waals surface area contributed by atoms with E-state index >= 15 is 0 Å². The van der Waals surface area contributed by atoms with Crippen molar-refractivity contribution >= 4 is 5.91 Å². The minimum atomic E-state index is -0.899. The Bertz CT molecular complexity index is 419. The van der Waals surface area contributed by atoms with Crippen molar-refractivity contribution in [2.24, 2.45) is 0 Å². The summed E-state index contributed by atoms with van der Waals surface area (Å²) in [5.41, 5.74) is 1.99. The zero-order chi connectivity index (χ0) is 12.5. The molecule has 1 aromatic carbocycles. The second-order valence-corrected chi connectivity index (χ2v) is 4.66. The molecule has 0 spiro atoms. The molecule has 1 aliphatic rings. The summed E-state index contributed by atoms with van der Waals surface area (Å²) in [6.45, 7) is 1.79. The van der Waals surface area contributed by atoms with Gasteiger partial charge in [0.1, 0.15) is 5.82 Å². The monoisotopic (exact) mass is 237 g/mol. The number of carbonyl (C=O) groups is 1. The quantitative estimate of drug-likeness (QED) is 0.613. The van der Waals surface area contributed by atoms with E-state index in [1.165, 1.54) is 6.07 Å². The minimum Gasteiger partial charge on any atom is -0.289 e. The average molecular weight is 237 g/mol. The van der Waals surface area contributed by atoms with E-state index in [0.717, 1.165) is 18.4 Å². The normalized spacial score (nSPS) is 18.1. The summed E-state index contributed by atoms with van der Waals surface area (Å²) in [6, 6.07) is 4.80. The van der Waals surface area contributed by atoms with Crippen LogP contribution in [-0.4, -0.2) is 11.1 Å². The van der Waals surface area contributed by atoms with Gasteiger partial charge in [0.2, 0.25) is 0 Å². The summed E-state index contributed by atoms with van der Waals surface area (Å²) in [5, 5.41) is 8.88. The van der Waals surface area contributed by atoms with Crippen molar-refractivity contribution in [3.05, 3.63) is 35.1 Å². The van der Waals surface area contributed by atoms with Crippen LogP contribution in [0.15, 0.2) is 18.2 Å². The molecule has 0 unspecified atom stereocenters. The summed E-state index contributed by atoms with van der Waals surface area (Å²) in [5.74, 6) is -0.862. The molecular formula is C13H16FNO2. The van der Waals surface area contributed by atoms with Crippen LogP contribution in [-0.2, 0) is 10.2 Å². The lowest BCUT2D eigenvalue weighted by Crippen LogP contribution is -2.42. The summed E-state index contributed by atoms with van der Waals surface area (Å²) < 4.78 is 14.0.